The maximum atomic E-state index is 12.8. The molecule has 1 N–H and O–H groups in total. The van der Waals surface area contributed by atoms with Crippen LogP contribution in [0.2, 0.25) is 0 Å². The van der Waals surface area contributed by atoms with Crippen LogP contribution < -0.4 is 5.32 Å². The predicted octanol–water partition coefficient (Wildman–Crippen LogP) is 4.13. The van der Waals surface area contributed by atoms with Crippen molar-refractivity contribution >= 4 is 23.2 Å². The Bertz CT molecular complexity index is 1140. The summed E-state index contributed by atoms with van der Waals surface area (Å²) in [5.41, 5.74) is 3.00. The van der Waals surface area contributed by atoms with E-state index in [-0.39, 0.29) is 19.1 Å². The van der Waals surface area contributed by atoms with E-state index in [9.17, 15) is 9.59 Å². The number of hydrogen-bond acceptors (Lipinski definition) is 5. The van der Waals surface area contributed by atoms with Gasteiger partial charge in [0.1, 0.15) is 18.8 Å². The maximum absolute atomic E-state index is 12.8. The minimum atomic E-state index is -0.494. The molecular formula is C24H21N3O3S. The lowest BCUT2D eigenvalue weighted by atomic mass is 10.2. The van der Waals surface area contributed by atoms with Crippen LogP contribution in [0.1, 0.15) is 21.5 Å². The van der Waals surface area contributed by atoms with E-state index in [4.69, 9.17) is 4.74 Å². The number of benzene rings is 2. The molecule has 156 valence electrons. The molecule has 0 spiro atoms. The molecule has 4 aromatic rings. The lowest BCUT2D eigenvalue weighted by Gasteiger charge is -2.06. The van der Waals surface area contributed by atoms with Gasteiger partial charge in [0.25, 0.3) is 5.91 Å². The standard InChI is InChI=1S/C24H21N3O3S/c28-22(30-17-19-10-5-2-6-11-19)14-25-24(29)20-16-27(15-18-8-3-1-4-9-18)26-23(20)21-12-7-13-31-21/h1-13,16H,14-15,17H2,(H,25,29). The molecule has 0 unspecified atom stereocenters. The van der Waals surface area contributed by atoms with Crippen molar-refractivity contribution in [2.24, 2.45) is 0 Å². The fraction of sp³-hybridized carbons (Fsp3) is 0.125. The number of carbonyl (C=O) groups excluding carboxylic acids is 2. The minimum absolute atomic E-state index is 0.172. The van der Waals surface area contributed by atoms with E-state index in [1.54, 1.807) is 10.9 Å². The lowest BCUT2D eigenvalue weighted by molar-refractivity contribution is -0.143. The third-order valence-corrected chi connectivity index (χ3v) is 5.46. The van der Waals surface area contributed by atoms with E-state index < -0.39 is 5.97 Å². The van der Waals surface area contributed by atoms with Crippen molar-refractivity contribution in [2.45, 2.75) is 13.2 Å². The van der Waals surface area contributed by atoms with E-state index in [0.717, 1.165) is 16.0 Å². The van der Waals surface area contributed by atoms with Crippen molar-refractivity contribution in [3.63, 3.8) is 0 Å². The molecule has 0 aliphatic rings. The Morgan fingerprint density at radius 3 is 2.32 bits per heavy atom. The first-order valence-corrected chi connectivity index (χ1v) is 10.7. The number of nitrogens with zero attached hydrogens (tertiary/aromatic N) is 2. The first-order chi connectivity index (χ1) is 15.2. The Morgan fingerprint density at radius 1 is 0.935 bits per heavy atom. The first kappa shape index (κ1) is 20.6. The molecule has 0 saturated heterocycles. The van der Waals surface area contributed by atoms with Gasteiger partial charge < -0.3 is 10.1 Å². The summed E-state index contributed by atoms with van der Waals surface area (Å²) < 4.78 is 6.97. The van der Waals surface area contributed by atoms with Gasteiger partial charge in [0, 0.05) is 6.20 Å². The Kier molecular flexibility index (Phi) is 6.54. The van der Waals surface area contributed by atoms with Gasteiger partial charge in [0.05, 0.1) is 17.0 Å². The summed E-state index contributed by atoms with van der Waals surface area (Å²) >= 11 is 1.51. The number of esters is 1. The van der Waals surface area contributed by atoms with Crippen LogP contribution in [-0.4, -0.2) is 28.2 Å². The topological polar surface area (TPSA) is 73.2 Å². The fourth-order valence-electron chi connectivity index (χ4n) is 3.07. The van der Waals surface area contributed by atoms with E-state index in [0.29, 0.717) is 17.8 Å². The van der Waals surface area contributed by atoms with Crippen molar-refractivity contribution in [3.8, 4) is 10.6 Å². The number of hydrogen-bond donors (Lipinski definition) is 1. The van der Waals surface area contributed by atoms with Crippen LogP contribution in [0.4, 0.5) is 0 Å². The molecule has 0 atom stereocenters. The average molecular weight is 432 g/mol. The van der Waals surface area contributed by atoms with Gasteiger partial charge in [-0.3, -0.25) is 14.3 Å². The zero-order valence-electron chi connectivity index (χ0n) is 16.7. The number of carbonyl (C=O) groups is 2. The molecule has 7 heteroatoms. The highest BCUT2D eigenvalue weighted by Crippen LogP contribution is 2.27. The number of rotatable bonds is 8. The molecule has 0 aliphatic carbocycles. The average Bonchev–Trinajstić information content (AvgIpc) is 3.47. The van der Waals surface area contributed by atoms with Crippen LogP contribution in [0, 0.1) is 0 Å². The molecule has 2 aromatic carbocycles. The van der Waals surface area contributed by atoms with E-state index in [1.165, 1.54) is 11.3 Å². The van der Waals surface area contributed by atoms with Crippen molar-refractivity contribution in [2.75, 3.05) is 6.54 Å². The number of thiophene rings is 1. The van der Waals surface area contributed by atoms with Gasteiger partial charge in [0.15, 0.2) is 0 Å². The highest BCUT2D eigenvalue weighted by atomic mass is 32.1. The van der Waals surface area contributed by atoms with Crippen molar-refractivity contribution in [3.05, 3.63) is 101 Å². The molecule has 6 nitrogen and oxygen atoms in total. The molecule has 1 amide bonds. The summed E-state index contributed by atoms with van der Waals surface area (Å²) in [4.78, 5) is 25.8. The monoisotopic (exact) mass is 431 g/mol. The second kappa shape index (κ2) is 9.86. The van der Waals surface area contributed by atoms with Gasteiger partial charge >= 0.3 is 5.97 Å². The quantitative estimate of drug-likeness (QED) is 0.426. The Balaban J connectivity index is 1.43. The summed E-state index contributed by atoms with van der Waals surface area (Å²) in [7, 11) is 0. The van der Waals surface area contributed by atoms with Gasteiger partial charge in [-0.25, -0.2) is 0 Å². The number of aromatic nitrogens is 2. The Labute approximate surface area is 184 Å². The molecule has 0 aliphatic heterocycles. The molecule has 0 fully saturated rings. The first-order valence-electron chi connectivity index (χ1n) is 9.82. The number of nitrogens with one attached hydrogen (secondary N) is 1. The third kappa shape index (κ3) is 5.46. The van der Waals surface area contributed by atoms with Crippen LogP contribution >= 0.6 is 11.3 Å². The van der Waals surface area contributed by atoms with Gasteiger partial charge in [-0.2, -0.15) is 5.10 Å². The largest absolute Gasteiger partial charge is 0.460 e. The van der Waals surface area contributed by atoms with Gasteiger partial charge in [-0.05, 0) is 22.6 Å². The van der Waals surface area contributed by atoms with Gasteiger partial charge in [0.2, 0.25) is 0 Å². The third-order valence-electron chi connectivity index (χ3n) is 4.58. The molecule has 4 rings (SSSR count). The van der Waals surface area contributed by atoms with Gasteiger partial charge in [-0.15, -0.1) is 11.3 Å². The molecule has 2 aromatic heterocycles. The van der Waals surface area contributed by atoms with E-state index >= 15 is 0 Å². The van der Waals surface area contributed by atoms with Crippen LogP contribution in [0.15, 0.2) is 84.4 Å². The lowest BCUT2D eigenvalue weighted by Crippen LogP contribution is -2.30. The summed E-state index contributed by atoms with van der Waals surface area (Å²) in [5, 5.41) is 9.21. The van der Waals surface area contributed by atoms with E-state index in [1.807, 2.05) is 78.2 Å². The predicted molar refractivity (Wildman–Crippen MR) is 120 cm³/mol. The second-order valence-corrected chi connectivity index (χ2v) is 7.83. The van der Waals surface area contributed by atoms with Crippen molar-refractivity contribution in [1.29, 1.82) is 0 Å². The number of amides is 1. The second-order valence-electron chi connectivity index (χ2n) is 6.88. The minimum Gasteiger partial charge on any atom is -0.460 e. The van der Waals surface area contributed by atoms with Crippen LogP contribution in [0.3, 0.4) is 0 Å². The zero-order chi connectivity index (χ0) is 21.5. The molecule has 0 bridgehead atoms. The normalized spacial score (nSPS) is 10.6. The molecule has 0 saturated carbocycles. The van der Waals surface area contributed by atoms with Crippen LogP contribution in [0.5, 0.6) is 0 Å². The molecule has 31 heavy (non-hydrogen) atoms. The molecular weight excluding hydrogens is 410 g/mol. The maximum Gasteiger partial charge on any atom is 0.325 e. The van der Waals surface area contributed by atoms with Crippen LogP contribution in [-0.2, 0) is 22.7 Å². The Morgan fingerprint density at radius 2 is 1.65 bits per heavy atom. The molecule has 0 radical (unpaired) electrons. The Hall–Kier alpha value is -3.71. The summed E-state index contributed by atoms with van der Waals surface area (Å²) in [6.45, 7) is 0.510. The SMILES string of the molecule is O=C(CNC(=O)c1cn(Cc2ccccc2)nc1-c1cccs1)OCc1ccccc1. The zero-order valence-corrected chi connectivity index (χ0v) is 17.5. The van der Waals surface area contributed by atoms with Gasteiger partial charge in [-0.1, -0.05) is 66.7 Å². The van der Waals surface area contributed by atoms with Crippen LogP contribution in [0.25, 0.3) is 10.6 Å². The smallest absolute Gasteiger partial charge is 0.325 e. The van der Waals surface area contributed by atoms with Crippen molar-refractivity contribution < 1.29 is 14.3 Å². The molecule has 2 heterocycles. The highest BCUT2D eigenvalue weighted by molar-refractivity contribution is 7.13. The number of ether oxygens (including phenoxy) is 1. The fourth-order valence-corrected chi connectivity index (χ4v) is 3.79. The highest BCUT2D eigenvalue weighted by Gasteiger charge is 2.19. The summed E-state index contributed by atoms with van der Waals surface area (Å²) in [5.74, 6) is -0.856. The summed E-state index contributed by atoms with van der Waals surface area (Å²) in [6, 6.07) is 23.2. The van der Waals surface area contributed by atoms with E-state index in [2.05, 4.69) is 10.4 Å². The summed E-state index contributed by atoms with van der Waals surface area (Å²) in [6.07, 6.45) is 1.71. The van der Waals surface area contributed by atoms with Crippen molar-refractivity contribution in [1.82, 2.24) is 15.1 Å².